The van der Waals surface area contributed by atoms with Crippen LogP contribution in [0.3, 0.4) is 0 Å². The van der Waals surface area contributed by atoms with Gasteiger partial charge in [-0.1, -0.05) is 23.7 Å². The van der Waals surface area contributed by atoms with Crippen LogP contribution in [0.1, 0.15) is 18.6 Å². The van der Waals surface area contributed by atoms with Crippen LogP contribution >= 0.6 is 11.6 Å². The summed E-state index contributed by atoms with van der Waals surface area (Å²) < 4.78 is 0. The summed E-state index contributed by atoms with van der Waals surface area (Å²) >= 11 is 5.68. The Hall–Kier alpha value is -1.59. The van der Waals surface area contributed by atoms with Gasteiger partial charge in [-0.05, 0) is 17.7 Å². The standard InChI is InChI=1S/C11H12ClNO4/c1-6(14)13-9(11(16)17)10(15)7-2-4-8(12)5-3-7/h2-5,9-10,15H,1H3,(H,13,14)(H,16,17)/t9-,10-/m1/s1. The largest absolute Gasteiger partial charge is 0.480 e. The Balaban J connectivity index is 2.91. The molecule has 0 aromatic heterocycles. The van der Waals surface area contributed by atoms with Gasteiger partial charge in [0.1, 0.15) is 6.10 Å². The first kappa shape index (κ1) is 13.5. The van der Waals surface area contributed by atoms with Crippen LogP contribution in [0.2, 0.25) is 5.02 Å². The van der Waals surface area contributed by atoms with Crippen LogP contribution in [0.25, 0.3) is 0 Å². The molecule has 0 heterocycles. The fourth-order valence-corrected chi connectivity index (χ4v) is 1.47. The number of carboxylic acids is 1. The van der Waals surface area contributed by atoms with Crippen molar-refractivity contribution < 1.29 is 19.8 Å². The van der Waals surface area contributed by atoms with E-state index in [2.05, 4.69) is 5.32 Å². The van der Waals surface area contributed by atoms with Crippen molar-refractivity contribution in [3.8, 4) is 0 Å². The van der Waals surface area contributed by atoms with Crippen molar-refractivity contribution in [2.45, 2.75) is 19.1 Å². The van der Waals surface area contributed by atoms with Gasteiger partial charge in [0.2, 0.25) is 5.91 Å². The lowest BCUT2D eigenvalue weighted by Gasteiger charge is -2.20. The first-order valence-corrected chi connectivity index (χ1v) is 5.23. The smallest absolute Gasteiger partial charge is 0.329 e. The highest BCUT2D eigenvalue weighted by Crippen LogP contribution is 2.19. The quantitative estimate of drug-likeness (QED) is 0.750. The molecule has 0 aliphatic heterocycles. The summed E-state index contributed by atoms with van der Waals surface area (Å²) in [6.45, 7) is 1.19. The Bertz CT molecular complexity index is 418. The fraction of sp³-hybridized carbons (Fsp3) is 0.273. The van der Waals surface area contributed by atoms with Gasteiger partial charge < -0.3 is 15.5 Å². The van der Waals surface area contributed by atoms with Gasteiger partial charge in [-0.3, -0.25) is 4.79 Å². The van der Waals surface area contributed by atoms with Crippen molar-refractivity contribution in [3.63, 3.8) is 0 Å². The molecule has 92 valence electrons. The zero-order valence-electron chi connectivity index (χ0n) is 9.05. The molecule has 1 aromatic rings. The van der Waals surface area contributed by atoms with Crippen LogP contribution in [0, 0.1) is 0 Å². The number of halogens is 1. The minimum Gasteiger partial charge on any atom is -0.480 e. The van der Waals surface area contributed by atoms with Crippen LogP contribution in [0.15, 0.2) is 24.3 Å². The Kier molecular flexibility index (Phi) is 4.48. The summed E-state index contributed by atoms with van der Waals surface area (Å²) in [6, 6.07) is 4.70. The fourth-order valence-electron chi connectivity index (χ4n) is 1.35. The molecule has 1 amide bonds. The molecule has 0 aliphatic rings. The second-order valence-electron chi connectivity index (χ2n) is 3.51. The Morgan fingerprint density at radius 3 is 2.24 bits per heavy atom. The van der Waals surface area contributed by atoms with Crippen LogP contribution < -0.4 is 5.32 Å². The lowest BCUT2D eigenvalue weighted by atomic mass is 10.0. The second-order valence-corrected chi connectivity index (χ2v) is 3.95. The summed E-state index contributed by atoms with van der Waals surface area (Å²) in [4.78, 5) is 21.8. The summed E-state index contributed by atoms with van der Waals surface area (Å²) in [5, 5.41) is 21.4. The normalized spacial score (nSPS) is 13.8. The van der Waals surface area contributed by atoms with Crippen LogP contribution in [0.4, 0.5) is 0 Å². The Morgan fingerprint density at radius 1 is 1.29 bits per heavy atom. The topological polar surface area (TPSA) is 86.6 Å². The molecule has 1 rings (SSSR count). The zero-order valence-corrected chi connectivity index (χ0v) is 9.81. The van der Waals surface area contributed by atoms with Crippen molar-refractivity contribution in [2.75, 3.05) is 0 Å². The maximum Gasteiger partial charge on any atom is 0.329 e. The summed E-state index contributed by atoms with van der Waals surface area (Å²) in [7, 11) is 0. The van der Waals surface area contributed by atoms with Gasteiger partial charge in [-0.2, -0.15) is 0 Å². The summed E-state index contributed by atoms with van der Waals surface area (Å²) in [6.07, 6.45) is -1.33. The molecule has 2 atom stereocenters. The number of carbonyl (C=O) groups is 2. The van der Waals surface area contributed by atoms with E-state index in [9.17, 15) is 14.7 Å². The lowest BCUT2D eigenvalue weighted by Crippen LogP contribution is -2.44. The average molecular weight is 258 g/mol. The van der Waals surface area contributed by atoms with Gasteiger partial charge >= 0.3 is 5.97 Å². The first-order valence-electron chi connectivity index (χ1n) is 4.85. The van der Waals surface area contributed by atoms with E-state index in [0.29, 0.717) is 10.6 Å². The minimum absolute atomic E-state index is 0.371. The highest BCUT2D eigenvalue weighted by Gasteiger charge is 2.28. The Labute approximate surface area is 103 Å². The molecule has 17 heavy (non-hydrogen) atoms. The maximum atomic E-state index is 10.9. The van der Waals surface area contributed by atoms with Crippen molar-refractivity contribution in [2.24, 2.45) is 0 Å². The molecule has 0 bridgehead atoms. The molecule has 0 fully saturated rings. The summed E-state index contributed by atoms with van der Waals surface area (Å²) in [5.74, 6) is -1.83. The van der Waals surface area contributed by atoms with Crippen LogP contribution in [-0.4, -0.2) is 28.1 Å². The number of benzene rings is 1. The number of aliphatic carboxylic acids is 1. The molecule has 0 unspecified atom stereocenters. The molecule has 6 heteroatoms. The predicted molar refractivity (Wildman–Crippen MR) is 61.7 cm³/mol. The predicted octanol–water partition coefficient (Wildman–Crippen LogP) is 0.963. The third-order valence-electron chi connectivity index (χ3n) is 2.15. The molecule has 0 radical (unpaired) electrons. The number of rotatable bonds is 4. The third-order valence-corrected chi connectivity index (χ3v) is 2.40. The van der Waals surface area contributed by atoms with E-state index in [1.165, 1.54) is 31.2 Å². The number of aliphatic hydroxyl groups excluding tert-OH is 1. The molecule has 3 N–H and O–H groups in total. The molecule has 5 nitrogen and oxygen atoms in total. The van der Waals surface area contributed by atoms with Crippen LogP contribution in [0.5, 0.6) is 0 Å². The van der Waals surface area contributed by atoms with Crippen molar-refractivity contribution >= 4 is 23.5 Å². The molecular formula is C11H12ClNO4. The van der Waals surface area contributed by atoms with Crippen LogP contribution in [-0.2, 0) is 9.59 Å². The maximum absolute atomic E-state index is 10.9. The molecule has 0 saturated heterocycles. The molecule has 0 spiro atoms. The number of carboxylic acid groups (broad SMARTS) is 1. The van der Waals surface area contributed by atoms with Gasteiger partial charge in [0.15, 0.2) is 6.04 Å². The van der Waals surface area contributed by atoms with Crippen molar-refractivity contribution in [3.05, 3.63) is 34.9 Å². The third kappa shape index (κ3) is 3.72. The van der Waals surface area contributed by atoms with E-state index in [4.69, 9.17) is 16.7 Å². The molecular weight excluding hydrogens is 246 g/mol. The van der Waals surface area contributed by atoms with E-state index >= 15 is 0 Å². The molecule has 0 aliphatic carbocycles. The van der Waals surface area contributed by atoms with E-state index in [1.807, 2.05) is 0 Å². The second kappa shape index (κ2) is 5.65. The molecule has 0 saturated carbocycles. The summed E-state index contributed by atoms with van der Waals surface area (Å²) in [5.41, 5.74) is 0.371. The first-order chi connectivity index (χ1) is 7.91. The van der Waals surface area contributed by atoms with Gasteiger partial charge in [0.05, 0.1) is 0 Å². The van der Waals surface area contributed by atoms with Crippen molar-refractivity contribution in [1.29, 1.82) is 0 Å². The number of aliphatic hydroxyl groups is 1. The monoisotopic (exact) mass is 257 g/mol. The van der Waals surface area contributed by atoms with Gasteiger partial charge in [0.25, 0.3) is 0 Å². The minimum atomic E-state index is -1.38. The number of carbonyl (C=O) groups excluding carboxylic acids is 1. The Morgan fingerprint density at radius 2 is 1.82 bits per heavy atom. The molecule has 1 aromatic carbocycles. The highest BCUT2D eigenvalue weighted by molar-refractivity contribution is 6.30. The number of hydrogen-bond acceptors (Lipinski definition) is 3. The van der Waals surface area contributed by atoms with Gasteiger partial charge in [-0.15, -0.1) is 0 Å². The van der Waals surface area contributed by atoms with E-state index in [0.717, 1.165) is 0 Å². The lowest BCUT2D eigenvalue weighted by molar-refractivity contribution is -0.145. The van der Waals surface area contributed by atoms with E-state index in [1.54, 1.807) is 0 Å². The number of amides is 1. The highest BCUT2D eigenvalue weighted by atomic mass is 35.5. The zero-order chi connectivity index (χ0) is 13.0. The van der Waals surface area contributed by atoms with Crippen molar-refractivity contribution in [1.82, 2.24) is 5.32 Å². The average Bonchev–Trinajstić information content (AvgIpc) is 2.25. The van der Waals surface area contributed by atoms with Gasteiger partial charge in [0, 0.05) is 11.9 Å². The van der Waals surface area contributed by atoms with Gasteiger partial charge in [-0.25, -0.2) is 4.79 Å². The number of hydrogen-bond donors (Lipinski definition) is 3. The van der Waals surface area contributed by atoms with E-state index < -0.39 is 24.0 Å². The SMILES string of the molecule is CC(=O)N[C@@H](C(=O)O)[C@H](O)c1ccc(Cl)cc1. The number of nitrogens with one attached hydrogen (secondary N) is 1. The van der Waals surface area contributed by atoms with E-state index in [-0.39, 0.29) is 0 Å².